The first-order valence-corrected chi connectivity index (χ1v) is 10.7. The maximum absolute atomic E-state index is 12.9. The van der Waals surface area contributed by atoms with E-state index in [-0.39, 0.29) is 30.4 Å². The molecule has 9 heteroatoms. The van der Waals surface area contributed by atoms with E-state index in [2.05, 4.69) is 5.32 Å². The zero-order valence-corrected chi connectivity index (χ0v) is 18.0. The van der Waals surface area contributed by atoms with Crippen LogP contribution in [-0.4, -0.2) is 59.5 Å². The summed E-state index contributed by atoms with van der Waals surface area (Å²) in [6.07, 6.45) is 2.38. The molecule has 1 aromatic heterocycles. The molecule has 2 aromatic rings. The standard InChI is InChI=1S/C21H26N2O6S/c1-14-17(21(26)27)11-16(29-14)12-23(2)20(25)18(9-10-30-3)22-19(24)13-28-15-7-5-4-6-8-15/h4-8,11,18H,9-10,12-13H2,1-3H3,(H,22,24)(H,26,27). The molecule has 2 rings (SSSR count). The predicted octanol–water partition coefficient (Wildman–Crippen LogP) is 2.56. The number of furan rings is 1. The molecule has 8 nitrogen and oxygen atoms in total. The van der Waals surface area contributed by atoms with Crippen molar-refractivity contribution in [3.8, 4) is 5.75 Å². The number of benzene rings is 1. The van der Waals surface area contributed by atoms with Crippen LogP contribution in [0.25, 0.3) is 0 Å². The molecule has 2 N–H and O–H groups in total. The van der Waals surface area contributed by atoms with Crippen molar-refractivity contribution >= 4 is 29.5 Å². The molecule has 0 saturated heterocycles. The summed E-state index contributed by atoms with van der Waals surface area (Å²) in [5.74, 6) is 0.135. The number of aromatic carboxylic acids is 1. The van der Waals surface area contributed by atoms with Crippen molar-refractivity contribution in [1.29, 1.82) is 0 Å². The second-order valence-corrected chi connectivity index (χ2v) is 7.67. The molecular formula is C21H26N2O6S. The number of hydrogen-bond donors (Lipinski definition) is 2. The highest BCUT2D eigenvalue weighted by molar-refractivity contribution is 7.98. The average Bonchev–Trinajstić information content (AvgIpc) is 3.10. The molecule has 0 radical (unpaired) electrons. The Morgan fingerprint density at radius 3 is 2.57 bits per heavy atom. The number of nitrogens with zero attached hydrogens (tertiary/aromatic N) is 1. The smallest absolute Gasteiger partial charge is 0.339 e. The lowest BCUT2D eigenvalue weighted by Gasteiger charge is -2.24. The number of hydrogen-bond acceptors (Lipinski definition) is 6. The number of aryl methyl sites for hydroxylation is 1. The first-order valence-electron chi connectivity index (χ1n) is 9.35. The van der Waals surface area contributed by atoms with Crippen LogP contribution in [0.4, 0.5) is 0 Å². The molecule has 0 spiro atoms. The van der Waals surface area contributed by atoms with E-state index in [0.29, 0.717) is 23.7 Å². The second-order valence-electron chi connectivity index (χ2n) is 6.69. The lowest BCUT2D eigenvalue weighted by atomic mass is 10.2. The summed E-state index contributed by atoms with van der Waals surface area (Å²) in [5, 5.41) is 11.9. The Bertz CT molecular complexity index is 868. The van der Waals surface area contributed by atoms with Crippen molar-refractivity contribution in [1.82, 2.24) is 10.2 Å². The summed E-state index contributed by atoms with van der Waals surface area (Å²) in [6, 6.07) is 9.63. The topological polar surface area (TPSA) is 109 Å². The van der Waals surface area contributed by atoms with Gasteiger partial charge in [0, 0.05) is 7.05 Å². The van der Waals surface area contributed by atoms with Gasteiger partial charge in [0.05, 0.1) is 6.54 Å². The first-order chi connectivity index (χ1) is 14.3. The number of para-hydroxylation sites is 1. The molecule has 0 saturated carbocycles. The molecule has 0 bridgehead atoms. The number of carboxylic acid groups (broad SMARTS) is 1. The van der Waals surface area contributed by atoms with Gasteiger partial charge in [0.1, 0.15) is 28.9 Å². The van der Waals surface area contributed by atoms with E-state index in [4.69, 9.17) is 14.3 Å². The predicted molar refractivity (Wildman–Crippen MR) is 114 cm³/mol. The van der Waals surface area contributed by atoms with Crippen molar-refractivity contribution < 1.29 is 28.6 Å². The number of ether oxygens (including phenoxy) is 1. The Morgan fingerprint density at radius 1 is 1.27 bits per heavy atom. The van der Waals surface area contributed by atoms with E-state index < -0.39 is 17.9 Å². The average molecular weight is 435 g/mol. The van der Waals surface area contributed by atoms with Gasteiger partial charge in [0.2, 0.25) is 5.91 Å². The third-order valence-electron chi connectivity index (χ3n) is 4.33. The van der Waals surface area contributed by atoms with E-state index in [1.165, 1.54) is 11.0 Å². The molecule has 1 heterocycles. The number of nitrogens with one attached hydrogen (secondary N) is 1. The maximum Gasteiger partial charge on any atom is 0.339 e. The number of amides is 2. The van der Waals surface area contributed by atoms with Crippen LogP contribution in [0.1, 0.15) is 28.3 Å². The summed E-state index contributed by atoms with van der Waals surface area (Å²) in [4.78, 5) is 37.8. The third kappa shape index (κ3) is 6.84. The molecule has 1 atom stereocenters. The summed E-state index contributed by atoms with van der Waals surface area (Å²) in [5.41, 5.74) is 0.0659. The van der Waals surface area contributed by atoms with Crippen LogP contribution in [-0.2, 0) is 16.1 Å². The zero-order valence-electron chi connectivity index (χ0n) is 17.2. The first kappa shape index (κ1) is 23.3. The third-order valence-corrected chi connectivity index (χ3v) is 4.97. The molecule has 162 valence electrons. The van der Waals surface area contributed by atoms with Gasteiger partial charge >= 0.3 is 5.97 Å². The SMILES string of the molecule is CSCCC(NC(=O)COc1ccccc1)C(=O)N(C)Cc1cc(C(=O)O)c(C)o1. The molecule has 0 fully saturated rings. The summed E-state index contributed by atoms with van der Waals surface area (Å²) in [7, 11) is 1.58. The van der Waals surface area contributed by atoms with Gasteiger partial charge in [-0.25, -0.2) is 4.79 Å². The number of likely N-dealkylation sites (N-methyl/N-ethyl adjacent to an activating group) is 1. The van der Waals surface area contributed by atoms with Crippen molar-refractivity contribution in [2.45, 2.75) is 25.9 Å². The number of carbonyl (C=O) groups excluding carboxylic acids is 2. The van der Waals surface area contributed by atoms with E-state index in [0.717, 1.165) is 0 Å². The fraction of sp³-hybridized carbons (Fsp3) is 0.381. The van der Waals surface area contributed by atoms with Crippen molar-refractivity contribution in [2.24, 2.45) is 0 Å². The maximum atomic E-state index is 12.9. The molecule has 0 aliphatic heterocycles. The van der Waals surface area contributed by atoms with Gasteiger partial charge < -0.3 is 24.5 Å². The van der Waals surface area contributed by atoms with Gasteiger partial charge in [-0.1, -0.05) is 18.2 Å². The van der Waals surface area contributed by atoms with E-state index >= 15 is 0 Å². The Morgan fingerprint density at radius 2 is 1.97 bits per heavy atom. The fourth-order valence-corrected chi connectivity index (χ4v) is 3.28. The molecule has 0 aliphatic carbocycles. The quantitative estimate of drug-likeness (QED) is 0.559. The second kappa shape index (κ2) is 11.3. The number of rotatable bonds is 11. The molecular weight excluding hydrogens is 408 g/mol. The monoisotopic (exact) mass is 434 g/mol. The highest BCUT2D eigenvalue weighted by Crippen LogP contribution is 2.17. The van der Waals surface area contributed by atoms with Crippen LogP contribution < -0.4 is 10.1 Å². The number of carboxylic acids is 1. The van der Waals surface area contributed by atoms with Gasteiger partial charge in [-0.15, -0.1) is 0 Å². The highest BCUT2D eigenvalue weighted by atomic mass is 32.2. The lowest BCUT2D eigenvalue weighted by Crippen LogP contribution is -2.48. The molecule has 30 heavy (non-hydrogen) atoms. The highest BCUT2D eigenvalue weighted by Gasteiger charge is 2.25. The van der Waals surface area contributed by atoms with Crippen LogP contribution in [0.2, 0.25) is 0 Å². The van der Waals surface area contributed by atoms with Gasteiger partial charge in [0.15, 0.2) is 6.61 Å². The van der Waals surface area contributed by atoms with Gasteiger partial charge in [-0.05, 0) is 43.6 Å². The van der Waals surface area contributed by atoms with E-state index in [1.807, 2.05) is 12.3 Å². The molecule has 0 aliphatic rings. The lowest BCUT2D eigenvalue weighted by molar-refractivity contribution is -0.136. The largest absolute Gasteiger partial charge is 0.484 e. The molecule has 1 unspecified atom stereocenters. The minimum absolute atomic E-state index is 0.0659. The van der Waals surface area contributed by atoms with Gasteiger partial charge in [-0.2, -0.15) is 11.8 Å². The summed E-state index contributed by atoms with van der Waals surface area (Å²) in [6.45, 7) is 1.46. The Hall–Kier alpha value is -2.94. The van der Waals surface area contributed by atoms with Gasteiger partial charge in [0.25, 0.3) is 5.91 Å². The molecule has 1 aromatic carbocycles. The van der Waals surface area contributed by atoms with Crippen LogP contribution in [0.5, 0.6) is 5.75 Å². The van der Waals surface area contributed by atoms with Crippen LogP contribution in [0.3, 0.4) is 0 Å². The van der Waals surface area contributed by atoms with Crippen molar-refractivity contribution in [3.05, 3.63) is 53.5 Å². The van der Waals surface area contributed by atoms with E-state index in [9.17, 15) is 14.4 Å². The minimum atomic E-state index is -1.08. The van der Waals surface area contributed by atoms with Crippen LogP contribution in [0.15, 0.2) is 40.8 Å². The van der Waals surface area contributed by atoms with Crippen molar-refractivity contribution in [3.63, 3.8) is 0 Å². The zero-order chi connectivity index (χ0) is 22.1. The van der Waals surface area contributed by atoms with Crippen LogP contribution in [0, 0.1) is 6.92 Å². The van der Waals surface area contributed by atoms with E-state index in [1.54, 1.807) is 50.0 Å². The number of thioether (sulfide) groups is 1. The Labute approximate surface area is 179 Å². The van der Waals surface area contributed by atoms with Crippen molar-refractivity contribution in [2.75, 3.05) is 25.7 Å². The normalized spacial score (nSPS) is 11.6. The minimum Gasteiger partial charge on any atom is -0.484 e. The van der Waals surface area contributed by atoms with Crippen LogP contribution >= 0.6 is 11.8 Å². The number of carbonyl (C=O) groups is 3. The summed E-state index contributed by atoms with van der Waals surface area (Å²) < 4.78 is 10.9. The Kier molecular flexibility index (Phi) is 8.79. The van der Waals surface area contributed by atoms with Gasteiger partial charge in [-0.3, -0.25) is 9.59 Å². The molecule has 2 amide bonds. The summed E-state index contributed by atoms with van der Waals surface area (Å²) >= 11 is 1.57. The fourth-order valence-electron chi connectivity index (χ4n) is 2.81. The Balaban J connectivity index is 1.98.